The second-order valence-electron chi connectivity index (χ2n) is 9.31. The monoisotopic (exact) mass is 490 g/mol. The van der Waals surface area contributed by atoms with Gasteiger partial charge in [-0.2, -0.15) is 10.4 Å². The number of likely N-dealkylation sites (N-methyl/N-ethyl adjacent to an activating group) is 1. The predicted octanol–water partition coefficient (Wildman–Crippen LogP) is 2.91. The van der Waals surface area contributed by atoms with E-state index in [1.807, 2.05) is 36.7 Å². The maximum atomic E-state index is 9.98. The van der Waals surface area contributed by atoms with Crippen molar-refractivity contribution in [1.29, 1.82) is 5.26 Å². The molecule has 10 nitrogen and oxygen atoms in total. The molecule has 0 radical (unpaired) electrons. The van der Waals surface area contributed by atoms with Crippen LogP contribution in [0.1, 0.15) is 30.7 Å². The highest BCUT2D eigenvalue weighted by Gasteiger charge is 2.36. The topological polar surface area (TPSA) is 124 Å². The number of aliphatic hydroxyl groups excluding tert-OH is 1. The number of aliphatic hydroxyl groups is 1. The highest BCUT2D eigenvalue weighted by atomic mass is 16.5. The molecule has 36 heavy (non-hydrogen) atoms. The number of ether oxygens (including phenoxy) is 1. The number of hydrogen-bond donors (Lipinski definition) is 3. The number of hydrogen-bond acceptors (Lipinski definition) is 9. The van der Waals surface area contributed by atoms with Crippen molar-refractivity contribution in [1.82, 2.24) is 24.6 Å². The van der Waals surface area contributed by atoms with Crippen LogP contribution in [0, 0.1) is 18.3 Å². The minimum absolute atomic E-state index is 0.0104. The van der Waals surface area contributed by atoms with Crippen LogP contribution >= 0.6 is 0 Å². The average Bonchev–Trinajstić information content (AvgIpc) is 3.43. The maximum Gasteiger partial charge on any atom is 0.227 e. The summed E-state index contributed by atoms with van der Waals surface area (Å²) in [6.07, 6.45) is 3.49. The minimum atomic E-state index is -0.451. The van der Waals surface area contributed by atoms with E-state index in [1.165, 1.54) is 0 Å². The van der Waals surface area contributed by atoms with E-state index in [4.69, 9.17) is 9.72 Å². The van der Waals surface area contributed by atoms with Crippen LogP contribution in [-0.2, 0) is 16.7 Å². The predicted molar refractivity (Wildman–Crippen MR) is 139 cm³/mol. The number of rotatable bonds is 11. The van der Waals surface area contributed by atoms with E-state index >= 15 is 0 Å². The summed E-state index contributed by atoms with van der Waals surface area (Å²) in [7, 11) is 1.72. The van der Waals surface area contributed by atoms with Gasteiger partial charge in [-0.15, -0.1) is 0 Å². The van der Waals surface area contributed by atoms with Crippen LogP contribution in [-0.4, -0.2) is 76.3 Å². The summed E-state index contributed by atoms with van der Waals surface area (Å²) in [4.78, 5) is 11.4. The number of aromatic nitrogens is 4. The van der Waals surface area contributed by atoms with E-state index in [1.54, 1.807) is 19.5 Å². The quantitative estimate of drug-likeness (QED) is 0.372. The lowest BCUT2D eigenvalue weighted by Crippen LogP contribution is -2.31. The van der Waals surface area contributed by atoms with Gasteiger partial charge in [-0.05, 0) is 37.2 Å². The van der Waals surface area contributed by atoms with E-state index in [2.05, 4.69) is 38.6 Å². The Bertz CT molecular complexity index is 1250. The van der Waals surface area contributed by atoms with Crippen LogP contribution in [0.15, 0.2) is 30.6 Å². The number of anilines is 3. The Morgan fingerprint density at radius 1 is 1.36 bits per heavy atom. The first kappa shape index (κ1) is 25.6. The molecule has 3 heterocycles. The maximum absolute atomic E-state index is 9.98. The third-order valence-electron chi connectivity index (χ3n) is 6.90. The van der Waals surface area contributed by atoms with Crippen molar-refractivity contribution in [2.75, 3.05) is 57.1 Å². The fraction of sp³-hybridized carbons (Fsp3) is 0.462. The number of nitrogens with zero attached hydrogens (tertiary/aromatic N) is 6. The first-order chi connectivity index (χ1) is 17.4. The molecule has 0 saturated carbocycles. The molecule has 2 aromatic heterocycles. The normalized spacial score (nSPS) is 16.6. The van der Waals surface area contributed by atoms with Crippen molar-refractivity contribution in [3.8, 4) is 17.3 Å². The zero-order valence-electron chi connectivity index (χ0n) is 21.4. The number of nitrogens with one attached hydrogen (secondary N) is 2. The molecule has 1 aliphatic rings. The lowest BCUT2D eigenvalue weighted by Gasteiger charge is -2.21. The molecular weight excluding hydrogens is 456 g/mol. The van der Waals surface area contributed by atoms with Crippen LogP contribution in [0.25, 0.3) is 11.3 Å². The lowest BCUT2D eigenvalue weighted by atomic mass is 9.83. The molecule has 190 valence electrons. The molecule has 1 aromatic carbocycles. The largest absolute Gasteiger partial charge is 0.395 e. The van der Waals surface area contributed by atoms with Crippen molar-refractivity contribution in [2.24, 2.45) is 0 Å². The van der Waals surface area contributed by atoms with Crippen LogP contribution in [0.4, 0.5) is 17.3 Å². The Morgan fingerprint density at radius 2 is 2.19 bits per heavy atom. The molecule has 0 fully saturated rings. The fourth-order valence-corrected chi connectivity index (χ4v) is 4.44. The lowest BCUT2D eigenvalue weighted by molar-refractivity contribution is 0.147. The van der Waals surface area contributed by atoms with Crippen LogP contribution < -0.4 is 10.6 Å². The molecule has 4 rings (SSSR count). The van der Waals surface area contributed by atoms with E-state index in [0.29, 0.717) is 30.4 Å². The van der Waals surface area contributed by atoms with Gasteiger partial charge >= 0.3 is 0 Å². The first-order valence-electron chi connectivity index (χ1n) is 12.2. The summed E-state index contributed by atoms with van der Waals surface area (Å²) in [6.45, 7) is 10.9. The third-order valence-corrected chi connectivity index (χ3v) is 6.90. The molecular formula is C26H34N8O2. The van der Waals surface area contributed by atoms with Gasteiger partial charge in [-0.3, -0.25) is 9.58 Å². The van der Waals surface area contributed by atoms with Gasteiger partial charge in [-0.1, -0.05) is 13.8 Å². The van der Waals surface area contributed by atoms with E-state index in [-0.39, 0.29) is 6.61 Å². The summed E-state index contributed by atoms with van der Waals surface area (Å²) < 4.78 is 7.17. The molecule has 0 aliphatic carbocycles. The summed E-state index contributed by atoms with van der Waals surface area (Å²) in [5, 5.41) is 30.8. The second kappa shape index (κ2) is 11.0. The van der Waals surface area contributed by atoms with Crippen molar-refractivity contribution in [2.45, 2.75) is 32.7 Å². The zero-order chi connectivity index (χ0) is 25.7. The molecule has 3 aromatic rings. The van der Waals surface area contributed by atoms with Gasteiger partial charge in [0.15, 0.2) is 0 Å². The Balaban J connectivity index is 1.53. The Hall–Kier alpha value is -3.52. The Morgan fingerprint density at radius 3 is 2.92 bits per heavy atom. The number of benzene rings is 1. The minimum Gasteiger partial charge on any atom is -0.395 e. The van der Waals surface area contributed by atoms with Crippen LogP contribution in [0.3, 0.4) is 0 Å². The van der Waals surface area contributed by atoms with Gasteiger partial charge in [0.1, 0.15) is 6.07 Å². The van der Waals surface area contributed by atoms with Gasteiger partial charge in [0, 0.05) is 43.9 Å². The van der Waals surface area contributed by atoms with Crippen molar-refractivity contribution >= 4 is 17.3 Å². The summed E-state index contributed by atoms with van der Waals surface area (Å²) in [5.41, 5.74) is 5.15. The van der Waals surface area contributed by atoms with Gasteiger partial charge < -0.3 is 20.5 Å². The van der Waals surface area contributed by atoms with Gasteiger partial charge in [0.25, 0.3) is 0 Å². The van der Waals surface area contributed by atoms with Gasteiger partial charge in [-0.25, -0.2) is 9.97 Å². The summed E-state index contributed by atoms with van der Waals surface area (Å²) >= 11 is 0. The Kier molecular flexibility index (Phi) is 7.84. The van der Waals surface area contributed by atoms with Gasteiger partial charge in [0.05, 0.1) is 54.3 Å². The summed E-state index contributed by atoms with van der Waals surface area (Å²) in [6, 6.07) is 7.93. The second-order valence-corrected chi connectivity index (χ2v) is 9.31. The average molecular weight is 491 g/mol. The van der Waals surface area contributed by atoms with Crippen LogP contribution in [0.2, 0.25) is 0 Å². The SMILES string of the molecule is CCN(CCOC)CCn1ncc(Nc2nccc(-c3cc(C#N)c4c(c3)C(C)(CO)CN4)n2)c1C. The zero-order valence-corrected chi connectivity index (χ0v) is 21.4. The first-order valence-corrected chi connectivity index (χ1v) is 12.2. The van der Waals surface area contributed by atoms with Crippen molar-refractivity contribution < 1.29 is 9.84 Å². The van der Waals surface area contributed by atoms with Gasteiger partial charge in [0.2, 0.25) is 5.95 Å². The van der Waals surface area contributed by atoms with E-state index in [9.17, 15) is 10.4 Å². The molecule has 0 saturated heterocycles. The summed E-state index contributed by atoms with van der Waals surface area (Å²) in [5.74, 6) is 0.451. The number of nitriles is 1. The standard InChI is InChI=1S/C26H34N8O2/c1-5-33(10-11-36-4)8-9-34-18(2)23(15-30-34)32-25-28-7-6-22(31-25)19-12-20(14-27)24-21(13-19)26(3,17-35)16-29-24/h6-7,12-13,15,29,35H,5,8-11,16-17H2,1-4H3,(H,28,31,32). The van der Waals surface area contributed by atoms with E-state index < -0.39 is 5.41 Å². The highest BCUT2D eigenvalue weighted by molar-refractivity contribution is 5.76. The molecule has 0 amide bonds. The molecule has 0 bridgehead atoms. The number of fused-ring (bicyclic) bond motifs is 1. The highest BCUT2D eigenvalue weighted by Crippen LogP contribution is 2.41. The molecule has 1 atom stereocenters. The molecule has 3 N–H and O–H groups in total. The molecule has 0 spiro atoms. The number of methoxy groups -OCH3 is 1. The molecule has 1 unspecified atom stereocenters. The smallest absolute Gasteiger partial charge is 0.227 e. The van der Waals surface area contributed by atoms with E-state index in [0.717, 1.165) is 54.4 Å². The van der Waals surface area contributed by atoms with Crippen molar-refractivity contribution in [3.05, 3.63) is 47.4 Å². The Labute approximate surface area is 211 Å². The van der Waals surface area contributed by atoms with Crippen LogP contribution in [0.5, 0.6) is 0 Å². The van der Waals surface area contributed by atoms with Crippen molar-refractivity contribution in [3.63, 3.8) is 0 Å². The third kappa shape index (κ3) is 5.18. The molecule has 10 heteroatoms. The molecule has 1 aliphatic heterocycles. The fourth-order valence-electron chi connectivity index (χ4n) is 4.44.